The topological polar surface area (TPSA) is 116 Å². The Labute approximate surface area is 219 Å². The van der Waals surface area contributed by atoms with Crippen molar-refractivity contribution in [3.8, 4) is 5.75 Å². The first-order valence-corrected chi connectivity index (χ1v) is 13.1. The van der Waals surface area contributed by atoms with Crippen molar-refractivity contribution in [3.05, 3.63) is 53.6 Å². The van der Waals surface area contributed by atoms with Crippen LogP contribution in [0.5, 0.6) is 5.75 Å². The van der Waals surface area contributed by atoms with Crippen LogP contribution in [0.1, 0.15) is 54.9 Å². The summed E-state index contributed by atoms with van der Waals surface area (Å²) < 4.78 is 5.96. The molecule has 1 aromatic rings. The van der Waals surface area contributed by atoms with Crippen molar-refractivity contribution in [1.82, 2.24) is 5.32 Å². The summed E-state index contributed by atoms with van der Waals surface area (Å²) in [6.45, 7) is 12.6. The standard InChI is InChI=1S/C30H41NO6/c1-17-15-29-19(3)13-18(2)27(4,5)22(25(29)34)14-20(16-32)24(33)30(29,36)23(17)31-26(35)28(6,7)37-21-11-9-8-10-12-21/h8-12,14-15,18-19,22-24,32-33,36H,13,16H2,1-7H3,(H,31,35)/t18?,19-,22?,23?,24?,29?,30?/m1/s1. The zero-order valence-electron chi connectivity index (χ0n) is 22.9. The van der Waals surface area contributed by atoms with E-state index >= 15 is 0 Å². The lowest BCUT2D eigenvalue weighted by Gasteiger charge is -2.49. The van der Waals surface area contributed by atoms with Gasteiger partial charge in [0, 0.05) is 5.92 Å². The third kappa shape index (κ3) is 3.89. The van der Waals surface area contributed by atoms with E-state index in [-0.39, 0.29) is 23.2 Å². The largest absolute Gasteiger partial charge is 0.478 e. The predicted molar refractivity (Wildman–Crippen MR) is 141 cm³/mol. The maximum Gasteiger partial charge on any atom is 0.264 e. The van der Waals surface area contributed by atoms with E-state index in [0.717, 1.165) is 0 Å². The molecule has 1 amide bonds. The number of benzene rings is 1. The third-order valence-corrected chi connectivity index (χ3v) is 9.53. The number of fused-ring (bicyclic) bond motifs is 1. The second-order valence-electron chi connectivity index (χ2n) is 12.4. The molecule has 0 aromatic heterocycles. The fraction of sp³-hybridized carbons (Fsp3) is 0.600. The molecule has 7 atom stereocenters. The van der Waals surface area contributed by atoms with E-state index in [0.29, 0.717) is 17.7 Å². The van der Waals surface area contributed by atoms with E-state index in [4.69, 9.17) is 4.74 Å². The first kappa shape index (κ1) is 27.6. The number of carbonyl (C=O) groups is 2. The van der Waals surface area contributed by atoms with Gasteiger partial charge in [0.2, 0.25) is 0 Å². The minimum atomic E-state index is -2.09. The molecular formula is C30H41NO6. The first-order chi connectivity index (χ1) is 17.1. The van der Waals surface area contributed by atoms with Crippen LogP contribution < -0.4 is 10.1 Å². The molecule has 0 aliphatic heterocycles. The van der Waals surface area contributed by atoms with Gasteiger partial charge in [-0.15, -0.1) is 0 Å². The van der Waals surface area contributed by atoms with E-state index in [2.05, 4.69) is 12.2 Å². The smallest absolute Gasteiger partial charge is 0.264 e. The first-order valence-electron chi connectivity index (χ1n) is 13.1. The number of nitrogens with one attached hydrogen (secondary N) is 1. The number of ether oxygens (including phenoxy) is 1. The van der Waals surface area contributed by atoms with Crippen LogP contribution in [0.15, 0.2) is 53.6 Å². The number of aliphatic hydroxyl groups is 3. The molecular weight excluding hydrogens is 470 g/mol. The quantitative estimate of drug-likeness (QED) is 0.451. The van der Waals surface area contributed by atoms with Crippen molar-refractivity contribution in [2.45, 2.75) is 78.2 Å². The third-order valence-electron chi connectivity index (χ3n) is 9.53. The highest BCUT2D eigenvalue weighted by Crippen LogP contribution is 2.62. The summed E-state index contributed by atoms with van der Waals surface area (Å²) in [6, 6.07) is 7.90. The average molecular weight is 512 g/mol. The number of hydrogen-bond acceptors (Lipinski definition) is 6. The van der Waals surface area contributed by atoms with Gasteiger partial charge in [-0.25, -0.2) is 0 Å². The highest BCUT2D eigenvalue weighted by Gasteiger charge is 2.72. The number of Topliss-reactive ketones (excluding diaryl/α,β-unsaturated/α-hetero) is 1. The van der Waals surface area contributed by atoms with Crippen LogP contribution in [0, 0.1) is 28.6 Å². The van der Waals surface area contributed by atoms with Crippen LogP contribution in [-0.2, 0) is 9.59 Å². The normalized spacial score (nSPS) is 37.0. The molecule has 4 N–H and O–H groups in total. The van der Waals surface area contributed by atoms with Gasteiger partial charge in [0.1, 0.15) is 17.5 Å². The zero-order valence-corrected chi connectivity index (χ0v) is 22.9. The summed E-state index contributed by atoms with van der Waals surface area (Å²) in [4.78, 5) is 28.1. The summed E-state index contributed by atoms with van der Waals surface area (Å²) in [6.07, 6.45) is 2.52. The van der Waals surface area contributed by atoms with E-state index in [1.54, 1.807) is 45.1 Å². The van der Waals surface area contributed by atoms with Gasteiger partial charge in [-0.3, -0.25) is 9.59 Å². The number of amides is 1. The average Bonchev–Trinajstić information content (AvgIpc) is 3.00. The fourth-order valence-corrected chi connectivity index (χ4v) is 6.87. The number of hydrogen-bond donors (Lipinski definition) is 4. The Bertz CT molecular complexity index is 1140. The van der Waals surface area contributed by atoms with E-state index in [1.165, 1.54) is 0 Å². The van der Waals surface area contributed by atoms with Gasteiger partial charge in [0.15, 0.2) is 11.4 Å². The number of carbonyl (C=O) groups excluding carboxylic acids is 2. The number of ketones is 1. The second-order valence-corrected chi connectivity index (χ2v) is 12.4. The van der Waals surface area contributed by atoms with Gasteiger partial charge >= 0.3 is 0 Å². The number of allylic oxidation sites excluding steroid dienone is 1. The summed E-state index contributed by atoms with van der Waals surface area (Å²) in [5.74, 6) is -0.972. The molecule has 4 rings (SSSR count). The maximum absolute atomic E-state index is 14.5. The number of para-hydroxylation sites is 1. The molecule has 3 aliphatic rings. The summed E-state index contributed by atoms with van der Waals surface area (Å²) >= 11 is 0. The molecule has 0 heterocycles. The van der Waals surface area contributed by atoms with Crippen LogP contribution in [-0.4, -0.2) is 57.0 Å². The van der Waals surface area contributed by atoms with Gasteiger partial charge in [-0.1, -0.05) is 63.6 Å². The molecule has 0 radical (unpaired) electrons. The Kier molecular flexibility index (Phi) is 6.75. The fourth-order valence-electron chi connectivity index (χ4n) is 6.87. The van der Waals surface area contributed by atoms with Gasteiger partial charge in [0.05, 0.1) is 18.1 Å². The van der Waals surface area contributed by atoms with E-state index in [1.807, 2.05) is 39.0 Å². The van der Waals surface area contributed by atoms with Crippen molar-refractivity contribution in [2.24, 2.45) is 28.6 Å². The molecule has 1 spiro atoms. The van der Waals surface area contributed by atoms with Crippen LogP contribution in [0.4, 0.5) is 0 Å². The molecule has 1 aromatic carbocycles. The van der Waals surface area contributed by atoms with Gasteiger partial charge < -0.3 is 25.4 Å². The van der Waals surface area contributed by atoms with E-state index < -0.39 is 52.6 Å². The van der Waals surface area contributed by atoms with Crippen LogP contribution >= 0.6 is 0 Å². The van der Waals surface area contributed by atoms with Crippen molar-refractivity contribution in [3.63, 3.8) is 0 Å². The molecule has 3 aliphatic carbocycles. The van der Waals surface area contributed by atoms with Crippen LogP contribution in [0.3, 0.4) is 0 Å². The monoisotopic (exact) mass is 511 g/mol. The highest BCUT2D eigenvalue weighted by atomic mass is 16.5. The lowest BCUT2D eigenvalue weighted by molar-refractivity contribution is -0.172. The van der Waals surface area contributed by atoms with Gasteiger partial charge in [0.25, 0.3) is 5.91 Å². The molecule has 37 heavy (non-hydrogen) atoms. The van der Waals surface area contributed by atoms with Crippen LogP contribution in [0.2, 0.25) is 0 Å². The number of rotatable bonds is 5. The van der Waals surface area contributed by atoms with Gasteiger partial charge in [-0.05, 0) is 62.1 Å². The van der Waals surface area contributed by atoms with Crippen molar-refractivity contribution < 1.29 is 29.6 Å². The van der Waals surface area contributed by atoms with Crippen molar-refractivity contribution >= 4 is 11.7 Å². The molecule has 202 valence electrons. The van der Waals surface area contributed by atoms with E-state index in [9.17, 15) is 24.9 Å². The summed E-state index contributed by atoms with van der Waals surface area (Å²) in [5.41, 5.74) is -4.52. The Morgan fingerprint density at radius 3 is 2.38 bits per heavy atom. The summed E-state index contributed by atoms with van der Waals surface area (Å²) in [5, 5.41) is 37.4. The Morgan fingerprint density at radius 2 is 1.78 bits per heavy atom. The lowest BCUT2D eigenvalue weighted by atomic mass is 9.59. The molecule has 1 saturated carbocycles. The lowest BCUT2D eigenvalue weighted by Crippen LogP contribution is -2.69. The van der Waals surface area contributed by atoms with Gasteiger partial charge in [-0.2, -0.15) is 0 Å². The minimum Gasteiger partial charge on any atom is -0.478 e. The molecule has 0 saturated heterocycles. The molecule has 2 bridgehead atoms. The molecule has 1 fully saturated rings. The Hall–Kier alpha value is -2.48. The van der Waals surface area contributed by atoms with Crippen molar-refractivity contribution in [1.29, 1.82) is 0 Å². The van der Waals surface area contributed by atoms with Crippen molar-refractivity contribution in [2.75, 3.05) is 6.61 Å². The predicted octanol–water partition coefficient (Wildman–Crippen LogP) is 3.19. The van der Waals surface area contributed by atoms with Crippen LogP contribution in [0.25, 0.3) is 0 Å². The Balaban J connectivity index is 1.81. The Morgan fingerprint density at radius 1 is 1.16 bits per heavy atom. The summed E-state index contributed by atoms with van der Waals surface area (Å²) in [7, 11) is 0. The highest BCUT2D eigenvalue weighted by molar-refractivity contribution is 5.96. The molecule has 6 unspecified atom stereocenters. The minimum absolute atomic E-state index is 0.132. The zero-order chi connectivity index (χ0) is 27.6. The molecule has 7 nitrogen and oxygen atoms in total. The molecule has 7 heteroatoms. The maximum atomic E-state index is 14.5. The number of aliphatic hydroxyl groups excluding tert-OH is 2. The second kappa shape index (κ2) is 9.07. The SMILES string of the molecule is CC1=CC23C(=O)C(C=C(CO)C(O)C2(O)C1NC(=O)C(C)(C)Oc1ccccc1)C(C)(C)C(C)C[C@H]3C.